The van der Waals surface area contributed by atoms with E-state index in [0.29, 0.717) is 12.5 Å². The standard InChI is InChI=1S/C17H26F3N3OS.HI/c1-4-21-16(22-9-5-6-10-25-3)23-12-13-7-8-14(24-2)11-15(13)17(18,19)20;/h7-8,11H,4-6,9-10,12H2,1-3H3,(H2,21,22,23);1H. The number of aliphatic imine (C=N–C) groups is 1. The van der Waals surface area contributed by atoms with Crippen LogP contribution >= 0.6 is 35.7 Å². The fourth-order valence-corrected chi connectivity index (χ4v) is 2.66. The van der Waals surface area contributed by atoms with Crippen molar-refractivity contribution in [2.45, 2.75) is 32.5 Å². The maximum Gasteiger partial charge on any atom is 0.416 e. The Balaban J connectivity index is 0.00000625. The third-order valence-electron chi connectivity index (χ3n) is 3.44. The number of guanidine groups is 1. The molecule has 0 aliphatic carbocycles. The number of nitrogens with one attached hydrogen (secondary N) is 2. The van der Waals surface area contributed by atoms with Gasteiger partial charge in [0.15, 0.2) is 5.96 Å². The van der Waals surface area contributed by atoms with Gasteiger partial charge in [0.1, 0.15) is 5.75 Å². The molecule has 1 aromatic carbocycles. The highest BCUT2D eigenvalue weighted by Crippen LogP contribution is 2.34. The van der Waals surface area contributed by atoms with E-state index in [4.69, 9.17) is 4.74 Å². The molecule has 2 N–H and O–H groups in total. The molecule has 0 saturated carbocycles. The molecule has 26 heavy (non-hydrogen) atoms. The summed E-state index contributed by atoms with van der Waals surface area (Å²) in [5.41, 5.74) is -0.598. The summed E-state index contributed by atoms with van der Waals surface area (Å²) >= 11 is 1.79. The molecule has 1 aromatic rings. The van der Waals surface area contributed by atoms with Crippen LogP contribution in [0, 0.1) is 0 Å². The second kappa shape index (κ2) is 13.3. The predicted octanol–water partition coefficient (Wildman–Crippen LogP) is 4.53. The zero-order chi connectivity index (χ0) is 18.7. The number of ether oxygens (including phenoxy) is 1. The summed E-state index contributed by atoms with van der Waals surface area (Å²) in [6.07, 6.45) is -0.305. The van der Waals surface area contributed by atoms with Crippen molar-refractivity contribution in [1.29, 1.82) is 0 Å². The summed E-state index contributed by atoms with van der Waals surface area (Å²) in [5.74, 6) is 1.80. The van der Waals surface area contributed by atoms with Gasteiger partial charge in [0.05, 0.1) is 19.2 Å². The van der Waals surface area contributed by atoms with Gasteiger partial charge >= 0.3 is 6.18 Å². The van der Waals surface area contributed by atoms with Crippen LogP contribution in [0.5, 0.6) is 5.75 Å². The van der Waals surface area contributed by atoms with Crippen LogP contribution in [0.3, 0.4) is 0 Å². The van der Waals surface area contributed by atoms with Crippen LogP contribution in [0.2, 0.25) is 0 Å². The number of unbranched alkanes of at least 4 members (excludes halogenated alkanes) is 1. The van der Waals surface area contributed by atoms with Crippen LogP contribution in [-0.4, -0.2) is 38.2 Å². The Morgan fingerprint density at radius 3 is 2.54 bits per heavy atom. The van der Waals surface area contributed by atoms with Gasteiger partial charge in [-0.2, -0.15) is 24.9 Å². The zero-order valence-electron chi connectivity index (χ0n) is 15.3. The SMILES string of the molecule is CCNC(=NCc1ccc(OC)cc1C(F)(F)F)NCCCCSC.I. The molecule has 4 nitrogen and oxygen atoms in total. The number of benzene rings is 1. The van der Waals surface area contributed by atoms with E-state index in [-0.39, 0.29) is 41.8 Å². The normalized spacial score (nSPS) is 11.7. The van der Waals surface area contributed by atoms with Gasteiger partial charge in [-0.05, 0) is 49.5 Å². The van der Waals surface area contributed by atoms with Gasteiger partial charge in [-0.1, -0.05) is 6.07 Å². The van der Waals surface area contributed by atoms with Gasteiger partial charge in [-0.3, -0.25) is 0 Å². The summed E-state index contributed by atoms with van der Waals surface area (Å²) in [5, 5.41) is 6.21. The zero-order valence-corrected chi connectivity index (χ0v) is 18.4. The number of nitrogens with zero attached hydrogens (tertiary/aromatic N) is 1. The molecule has 0 aliphatic heterocycles. The van der Waals surface area contributed by atoms with E-state index in [1.54, 1.807) is 11.8 Å². The second-order valence-corrected chi connectivity index (χ2v) is 6.33. The molecule has 1 rings (SSSR count). The van der Waals surface area contributed by atoms with Crippen molar-refractivity contribution < 1.29 is 17.9 Å². The molecular weight excluding hydrogens is 478 g/mol. The largest absolute Gasteiger partial charge is 0.497 e. The summed E-state index contributed by atoms with van der Waals surface area (Å²) in [4.78, 5) is 4.28. The van der Waals surface area contributed by atoms with Crippen LogP contribution < -0.4 is 15.4 Å². The Bertz CT molecular complexity index is 557. The molecule has 0 saturated heterocycles. The minimum absolute atomic E-state index is 0. The maximum atomic E-state index is 13.2. The molecule has 0 unspecified atom stereocenters. The lowest BCUT2D eigenvalue weighted by molar-refractivity contribution is -0.138. The number of methoxy groups -OCH3 is 1. The van der Waals surface area contributed by atoms with Crippen molar-refractivity contribution in [3.8, 4) is 5.75 Å². The average Bonchev–Trinajstić information content (AvgIpc) is 2.58. The molecular formula is C17H27F3IN3OS. The van der Waals surface area contributed by atoms with Crippen molar-refractivity contribution >= 4 is 41.7 Å². The van der Waals surface area contributed by atoms with Crippen molar-refractivity contribution in [2.75, 3.05) is 32.2 Å². The number of hydrogen-bond donors (Lipinski definition) is 2. The summed E-state index contributed by atoms with van der Waals surface area (Å²) in [7, 11) is 1.34. The smallest absolute Gasteiger partial charge is 0.416 e. The van der Waals surface area contributed by atoms with Gasteiger partial charge in [0.25, 0.3) is 0 Å². The monoisotopic (exact) mass is 505 g/mol. The first kappa shape index (κ1) is 25.2. The highest BCUT2D eigenvalue weighted by molar-refractivity contribution is 14.0. The van der Waals surface area contributed by atoms with Gasteiger partial charge in [0, 0.05) is 13.1 Å². The van der Waals surface area contributed by atoms with Gasteiger partial charge in [-0.25, -0.2) is 4.99 Å². The van der Waals surface area contributed by atoms with Crippen LogP contribution in [0.4, 0.5) is 13.2 Å². The summed E-state index contributed by atoms with van der Waals surface area (Å²) in [6.45, 7) is 3.24. The van der Waals surface area contributed by atoms with Crippen molar-refractivity contribution in [3.05, 3.63) is 29.3 Å². The van der Waals surface area contributed by atoms with Crippen molar-refractivity contribution in [2.24, 2.45) is 4.99 Å². The number of alkyl halides is 3. The molecule has 0 aliphatic rings. The number of thioether (sulfide) groups is 1. The quantitative estimate of drug-likeness (QED) is 0.224. The van der Waals surface area contributed by atoms with Gasteiger partial charge in [-0.15, -0.1) is 24.0 Å². The minimum Gasteiger partial charge on any atom is -0.497 e. The highest BCUT2D eigenvalue weighted by Gasteiger charge is 2.33. The average molecular weight is 505 g/mol. The van der Waals surface area contributed by atoms with E-state index in [0.717, 1.165) is 31.2 Å². The molecule has 0 radical (unpaired) electrons. The fourth-order valence-electron chi connectivity index (χ4n) is 2.17. The third-order valence-corrected chi connectivity index (χ3v) is 4.14. The fraction of sp³-hybridized carbons (Fsp3) is 0.588. The summed E-state index contributed by atoms with van der Waals surface area (Å²) in [6, 6.07) is 3.93. The van der Waals surface area contributed by atoms with E-state index in [9.17, 15) is 13.2 Å². The Hall–Kier alpha value is -0.840. The Kier molecular flexibility index (Phi) is 12.9. The van der Waals surface area contributed by atoms with Crippen LogP contribution in [0.25, 0.3) is 0 Å². The topological polar surface area (TPSA) is 45.7 Å². The lowest BCUT2D eigenvalue weighted by Gasteiger charge is -2.15. The minimum atomic E-state index is -4.44. The van der Waals surface area contributed by atoms with Crippen LogP contribution in [0.15, 0.2) is 23.2 Å². The Labute approximate surface area is 174 Å². The van der Waals surface area contributed by atoms with E-state index < -0.39 is 11.7 Å². The van der Waals surface area contributed by atoms with Crippen LogP contribution in [0.1, 0.15) is 30.9 Å². The number of rotatable bonds is 9. The first-order valence-electron chi connectivity index (χ1n) is 8.17. The predicted molar refractivity (Wildman–Crippen MR) is 114 cm³/mol. The molecule has 0 amide bonds. The Morgan fingerprint density at radius 2 is 1.96 bits per heavy atom. The molecule has 0 spiro atoms. The summed E-state index contributed by atoms with van der Waals surface area (Å²) < 4.78 is 44.6. The molecule has 0 bridgehead atoms. The number of hydrogen-bond acceptors (Lipinski definition) is 3. The third kappa shape index (κ3) is 9.20. The van der Waals surface area contributed by atoms with Gasteiger partial charge in [0.2, 0.25) is 0 Å². The second-order valence-electron chi connectivity index (χ2n) is 5.34. The molecule has 0 atom stereocenters. The molecule has 0 fully saturated rings. The maximum absolute atomic E-state index is 13.2. The van der Waals surface area contributed by atoms with Crippen molar-refractivity contribution in [3.63, 3.8) is 0 Å². The van der Waals surface area contributed by atoms with E-state index in [1.807, 2.05) is 6.92 Å². The number of halogens is 4. The Morgan fingerprint density at radius 1 is 1.23 bits per heavy atom. The first-order chi connectivity index (χ1) is 11.9. The van der Waals surface area contributed by atoms with E-state index in [2.05, 4.69) is 21.9 Å². The van der Waals surface area contributed by atoms with E-state index >= 15 is 0 Å². The lowest BCUT2D eigenvalue weighted by Crippen LogP contribution is -2.37. The first-order valence-corrected chi connectivity index (χ1v) is 9.57. The van der Waals surface area contributed by atoms with Gasteiger partial charge < -0.3 is 15.4 Å². The molecule has 0 heterocycles. The van der Waals surface area contributed by atoms with Crippen molar-refractivity contribution in [1.82, 2.24) is 10.6 Å². The molecule has 0 aromatic heterocycles. The lowest BCUT2D eigenvalue weighted by atomic mass is 10.1. The molecule has 150 valence electrons. The van der Waals surface area contributed by atoms with Crippen LogP contribution in [-0.2, 0) is 12.7 Å². The highest BCUT2D eigenvalue weighted by atomic mass is 127. The van der Waals surface area contributed by atoms with E-state index in [1.165, 1.54) is 19.2 Å². The molecule has 9 heteroatoms.